The molecule has 0 spiro atoms. The van der Waals surface area contributed by atoms with Crippen LogP contribution in [-0.4, -0.2) is 6.29 Å². The molecule has 0 fully saturated rings. The maximum absolute atomic E-state index is 13.5. The maximum atomic E-state index is 13.5. The molecule has 1 nitrogen and oxygen atoms in total. The Hall–Kier alpha value is -1.67. The Morgan fingerprint density at radius 3 is 2.35 bits per heavy atom. The van der Waals surface area contributed by atoms with Crippen LogP contribution in [0.2, 0.25) is 5.02 Å². The first kappa shape index (κ1) is 11.8. The molecule has 0 aliphatic carbocycles. The summed E-state index contributed by atoms with van der Waals surface area (Å²) in [5.74, 6) is -0.519. The number of halogens is 2. The third-order valence-corrected chi connectivity index (χ3v) is 3.04. The molecule has 0 unspecified atom stereocenters. The normalized spacial score (nSPS) is 10.3. The number of benzene rings is 2. The van der Waals surface area contributed by atoms with E-state index in [0.717, 1.165) is 11.1 Å². The van der Waals surface area contributed by atoms with Gasteiger partial charge in [-0.3, -0.25) is 4.79 Å². The van der Waals surface area contributed by atoms with Crippen LogP contribution in [0.1, 0.15) is 15.9 Å². The molecule has 0 radical (unpaired) electrons. The number of carbonyl (C=O) groups excluding carboxylic acids is 1. The zero-order valence-corrected chi connectivity index (χ0v) is 9.96. The van der Waals surface area contributed by atoms with Gasteiger partial charge in [-0.1, -0.05) is 29.8 Å². The van der Waals surface area contributed by atoms with Gasteiger partial charge in [-0.05, 0) is 41.8 Å². The van der Waals surface area contributed by atoms with Crippen molar-refractivity contribution in [3.63, 3.8) is 0 Å². The number of rotatable bonds is 2. The van der Waals surface area contributed by atoms with E-state index in [1.807, 2.05) is 19.1 Å². The second-order valence-electron chi connectivity index (χ2n) is 3.82. The summed E-state index contributed by atoms with van der Waals surface area (Å²) in [6.45, 7) is 1.90. The van der Waals surface area contributed by atoms with Crippen LogP contribution in [0.25, 0.3) is 11.1 Å². The van der Waals surface area contributed by atoms with E-state index in [1.54, 1.807) is 12.1 Å². The molecular weight excluding hydrogens is 239 g/mol. The van der Waals surface area contributed by atoms with Crippen molar-refractivity contribution in [2.24, 2.45) is 0 Å². The molecule has 86 valence electrons. The van der Waals surface area contributed by atoms with Gasteiger partial charge in [-0.15, -0.1) is 0 Å². The Balaban J connectivity index is 2.49. The molecule has 0 bridgehead atoms. The van der Waals surface area contributed by atoms with E-state index in [0.29, 0.717) is 16.9 Å². The van der Waals surface area contributed by atoms with Crippen LogP contribution in [0, 0.1) is 12.7 Å². The van der Waals surface area contributed by atoms with Gasteiger partial charge in [-0.25, -0.2) is 4.39 Å². The number of hydrogen-bond acceptors (Lipinski definition) is 1. The lowest BCUT2D eigenvalue weighted by Gasteiger charge is -2.05. The molecule has 0 saturated heterocycles. The average Bonchev–Trinajstić information content (AvgIpc) is 2.32. The number of hydrogen-bond donors (Lipinski definition) is 0. The van der Waals surface area contributed by atoms with Crippen molar-refractivity contribution in [2.75, 3.05) is 0 Å². The molecule has 0 aliphatic rings. The number of aryl methyl sites for hydroxylation is 1. The van der Waals surface area contributed by atoms with Crippen molar-refractivity contribution in [1.82, 2.24) is 0 Å². The molecule has 0 aromatic heterocycles. The first-order valence-corrected chi connectivity index (χ1v) is 5.51. The van der Waals surface area contributed by atoms with Crippen molar-refractivity contribution >= 4 is 17.9 Å². The quantitative estimate of drug-likeness (QED) is 0.726. The monoisotopic (exact) mass is 248 g/mol. The highest BCUT2D eigenvalue weighted by molar-refractivity contribution is 6.31. The zero-order chi connectivity index (χ0) is 12.4. The summed E-state index contributed by atoms with van der Waals surface area (Å²) >= 11 is 6.01. The molecule has 17 heavy (non-hydrogen) atoms. The van der Waals surface area contributed by atoms with E-state index in [4.69, 9.17) is 11.6 Å². The van der Waals surface area contributed by atoms with E-state index in [9.17, 15) is 9.18 Å². The van der Waals surface area contributed by atoms with Gasteiger partial charge >= 0.3 is 0 Å². The fraction of sp³-hybridized carbons (Fsp3) is 0.0714. The van der Waals surface area contributed by atoms with E-state index < -0.39 is 5.82 Å². The van der Waals surface area contributed by atoms with Crippen molar-refractivity contribution in [2.45, 2.75) is 6.92 Å². The summed E-state index contributed by atoms with van der Waals surface area (Å²) in [7, 11) is 0. The highest BCUT2D eigenvalue weighted by atomic mass is 35.5. The standard InChI is InChI=1S/C14H10ClFO/c1-9-2-3-10(6-13(9)15)11-4-5-12(8-17)14(16)7-11/h2-8H,1H3. The van der Waals surface area contributed by atoms with Crippen molar-refractivity contribution in [1.29, 1.82) is 0 Å². The van der Waals surface area contributed by atoms with Gasteiger partial charge in [0.2, 0.25) is 0 Å². The van der Waals surface area contributed by atoms with Crippen molar-refractivity contribution in [3.05, 3.63) is 58.4 Å². The lowest BCUT2D eigenvalue weighted by Crippen LogP contribution is -1.88. The Kier molecular flexibility index (Phi) is 3.25. The van der Waals surface area contributed by atoms with Gasteiger partial charge in [0.15, 0.2) is 6.29 Å². The summed E-state index contributed by atoms with van der Waals surface area (Å²) in [6, 6.07) is 10.0. The molecule has 0 heterocycles. The molecule has 0 aliphatic heterocycles. The second kappa shape index (κ2) is 4.68. The molecule has 2 aromatic carbocycles. The van der Waals surface area contributed by atoms with Crippen LogP contribution < -0.4 is 0 Å². The molecule has 0 saturated carbocycles. The maximum Gasteiger partial charge on any atom is 0.152 e. The third-order valence-electron chi connectivity index (χ3n) is 2.63. The Bertz CT molecular complexity index is 578. The molecule has 0 amide bonds. The molecular formula is C14H10ClFO. The first-order chi connectivity index (χ1) is 8.11. The van der Waals surface area contributed by atoms with Crippen molar-refractivity contribution in [3.8, 4) is 11.1 Å². The second-order valence-corrected chi connectivity index (χ2v) is 4.23. The van der Waals surface area contributed by atoms with Gasteiger partial charge in [0.1, 0.15) is 5.82 Å². The Morgan fingerprint density at radius 1 is 1.12 bits per heavy atom. The van der Waals surface area contributed by atoms with Gasteiger partial charge in [0.05, 0.1) is 5.56 Å². The van der Waals surface area contributed by atoms with Crippen LogP contribution in [0.5, 0.6) is 0 Å². The van der Waals surface area contributed by atoms with E-state index in [1.165, 1.54) is 12.1 Å². The van der Waals surface area contributed by atoms with Crippen LogP contribution in [-0.2, 0) is 0 Å². The molecule has 0 N–H and O–H groups in total. The lowest BCUT2D eigenvalue weighted by atomic mass is 10.0. The highest BCUT2D eigenvalue weighted by Crippen LogP contribution is 2.26. The predicted molar refractivity (Wildman–Crippen MR) is 67.0 cm³/mol. The summed E-state index contributed by atoms with van der Waals surface area (Å²) in [5, 5.41) is 0.641. The summed E-state index contributed by atoms with van der Waals surface area (Å²) in [5.41, 5.74) is 2.57. The molecule has 2 rings (SSSR count). The third kappa shape index (κ3) is 2.37. The zero-order valence-electron chi connectivity index (χ0n) is 9.21. The minimum atomic E-state index is -0.519. The number of aldehydes is 1. The number of carbonyl (C=O) groups is 1. The first-order valence-electron chi connectivity index (χ1n) is 5.13. The van der Waals surface area contributed by atoms with E-state index in [-0.39, 0.29) is 5.56 Å². The van der Waals surface area contributed by atoms with Gasteiger partial charge in [0.25, 0.3) is 0 Å². The van der Waals surface area contributed by atoms with Gasteiger partial charge in [0, 0.05) is 5.02 Å². The SMILES string of the molecule is Cc1ccc(-c2ccc(C=O)c(F)c2)cc1Cl. The van der Waals surface area contributed by atoms with Crippen LogP contribution >= 0.6 is 11.6 Å². The topological polar surface area (TPSA) is 17.1 Å². The minimum absolute atomic E-state index is 0.0620. The summed E-state index contributed by atoms with van der Waals surface area (Å²) in [4.78, 5) is 10.5. The predicted octanol–water partition coefficient (Wildman–Crippen LogP) is 4.27. The van der Waals surface area contributed by atoms with Gasteiger partial charge < -0.3 is 0 Å². The van der Waals surface area contributed by atoms with Crippen LogP contribution in [0.3, 0.4) is 0 Å². The molecule has 2 aromatic rings. The van der Waals surface area contributed by atoms with Crippen molar-refractivity contribution < 1.29 is 9.18 Å². The molecule has 3 heteroatoms. The fourth-order valence-electron chi connectivity index (χ4n) is 1.57. The summed E-state index contributed by atoms with van der Waals surface area (Å²) in [6.07, 6.45) is 0.501. The Labute approximate surface area is 104 Å². The smallest absolute Gasteiger partial charge is 0.152 e. The lowest BCUT2D eigenvalue weighted by molar-refractivity contribution is 0.112. The summed E-state index contributed by atoms with van der Waals surface area (Å²) < 4.78 is 13.5. The largest absolute Gasteiger partial charge is 0.298 e. The Morgan fingerprint density at radius 2 is 1.76 bits per heavy atom. The van der Waals surface area contributed by atoms with E-state index >= 15 is 0 Å². The molecule has 0 atom stereocenters. The minimum Gasteiger partial charge on any atom is -0.298 e. The highest BCUT2D eigenvalue weighted by Gasteiger charge is 2.05. The van der Waals surface area contributed by atoms with E-state index in [2.05, 4.69) is 0 Å². The van der Waals surface area contributed by atoms with Gasteiger partial charge in [-0.2, -0.15) is 0 Å². The van der Waals surface area contributed by atoms with Crippen LogP contribution in [0.15, 0.2) is 36.4 Å². The fourth-order valence-corrected chi connectivity index (χ4v) is 1.76. The average molecular weight is 249 g/mol. The van der Waals surface area contributed by atoms with Crippen LogP contribution in [0.4, 0.5) is 4.39 Å².